The van der Waals surface area contributed by atoms with E-state index in [1.54, 1.807) is 4.57 Å². The molecule has 5 aromatic rings. The summed E-state index contributed by atoms with van der Waals surface area (Å²) >= 11 is 0. The normalized spacial score (nSPS) is 15.5. The largest absolute Gasteiger partial charge is 0.512 e. The Balaban J connectivity index is 1.27. The number of esters is 1. The Morgan fingerprint density at radius 2 is 1.53 bits per heavy atom. The van der Waals surface area contributed by atoms with Crippen LogP contribution in [0.3, 0.4) is 0 Å². The van der Waals surface area contributed by atoms with Gasteiger partial charge in [0, 0.05) is 18.0 Å². The van der Waals surface area contributed by atoms with Crippen molar-refractivity contribution in [3.8, 4) is 5.69 Å². The number of benzene rings is 3. The van der Waals surface area contributed by atoms with E-state index in [1.807, 2.05) is 67.6 Å². The predicted molar refractivity (Wildman–Crippen MR) is 179 cm³/mol. The quantitative estimate of drug-likeness (QED) is 0.124. The highest BCUT2D eigenvalue weighted by Gasteiger charge is 2.43. The summed E-state index contributed by atoms with van der Waals surface area (Å²) in [4.78, 5) is 26.3. The number of ether oxygens (including phenoxy) is 1. The number of imidazole rings is 1. The summed E-state index contributed by atoms with van der Waals surface area (Å²) in [6.45, 7) is 1.98. The van der Waals surface area contributed by atoms with Crippen molar-refractivity contribution in [3.05, 3.63) is 126 Å². The molecule has 3 aromatic carbocycles. The summed E-state index contributed by atoms with van der Waals surface area (Å²) in [5.41, 5.74) is 3.80. The molecule has 0 radical (unpaired) electrons. The van der Waals surface area contributed by atoms with Gasteiger partial charge in [0.05, 0.1) is 5.57 Å². The average Bonchev–Trinajstić information content (AvgIpc) is 3.54. The van der Waals surface area contributed by atoms with Gasteiger partial charge in [0.2, 0.25) is 5.03 Å². The Kier molecular flexibility index (Phi) is 9.19. The molecule has 0 saturated carbocycles. The molecule has 1 aliphatic rings. The molecule has 0 amide bonds. The summed E-state index contributed by atoms with van der Waals surface area (Å²) < 4.78 is 35.2. The van der Waals surface area contributed by atoms with Crippen LogP contribution < -0.4 is 4.72 Å². The standard InChI is InChI=1S/C36H37N5O5S/c1-3-29(27-14-16-28(17-15-27)41-24-40-32-33(41)38-23-39-34(32)47(44,45)37-2)31-30(42)22-36(46-35(31)43,20-18-25-10-6-4-7-11-25)21-19-26-12-8-5-9-13-26/h4-17,23-24,29,37,42H,3,18-22H2,1-2H3. The van der Waals surface area contributed by atoms with Crippen LogP contribution >= 0.6 is 0 Å². The van der Waals surface area contributed by atoms with Gasteiger partial charge in [-0.25, -0.2) is 32.9 Å². The highest BCUT2D eigenvalue weighted by molar-refractivity contribution is 7.89. The number of aryl methyl sites for hydroxylation is 2. The van der Waals surface area contributed by atoms with Gasteiger partial charge in [-0.2, -0.15) is 0 Å². The van der Waals surface area contributed by atoms with Gasteiger partial charge in [-0.15, -0.1) is 0 Å². The highest BCUT2D eigenvalue weighted by atomic mass is 32.2. The van der Waals surface area contributed by atoms with Crippen LogP contribution in [-0.4, -0.2) is 51.7 Å². The molecule has 2 N–H and O–H groups in total. The second kappa shape index (κ2) is 13.5. The molecule has 1 aliphatic heterocycles. The maximum Gasteiger partial charge on any atom is 0.338 e. The van der Waals surface area contributed by atoms with Crippen molar-refractivity contribution in [1.82, 2.24) is 24.2 Å². The van der Waals surface area contributed by atoms with Crippen molar-refractivity contribution in [2.45, 2.75) is 62.0 Å². The Labute approximate surface area is 274 Å². The predicted octanol–water partition coefficient (Wildman–Crippen LogP) is 5.98. The highest BCUT2D eigenvalue weighted by Crippen LogP contribution is 2.42. The van der Waals surface area contributed by atoms with E-state index in [4.69, 9.17) is 4.74 Å². The van der Waals surface area contributed by atoms with Gasteiger partial charge in [-0.1, -0.05) is 79.7 Å². The number of nitrogens with one attached hydrogen (secondary N) is 1. The SMILES string of the molecule is CCC(C1=C(O)CC(CCc2ccccc2)(CCc2ccccc2)OC1=O)c1ccc(-n2cnc3c(S(=O)(=O)NC)ncnc32)cc1. The fourth-order valence-corrected chi connectivity index (χ4v) is 7.13. The number of fused-ring (bicyclic) bond motifs is 1. The van der Waals surface area contributed by atoms with E-state index in [9.17, 15) is 18.3 Å². The molecular weight excluding hydrogens is 614 g/mol. The van der Waals surface area contributed by atoms with Crippen LogP contribution in [0.4, 0.5) is 0 Å². The maximum atomic E-state index is 13.8. The number of carbonyl (C=O) groups is 1. The van der Waals surface area contributed by atoms with E-state index in [0.29, 0.717) is 30.6 Å². The topological polar surface area (TPSA) is 136 Å². The van der Waals surface area contributed by atoms with E-state index in [2.05, 4.69) is 43.9 Å². The lowest BCUT2D eigenvalue weighted by Gasteiger charge is -2.39. The molecule has 6 rings (SSSR count). The number of carbonyl (C=O) groups excluding carboxylic acids is 1. The van der Waals surface area contributed by atoms with E-state index in [1.165, 1.54) is 19.7 Å². The molecule has 3 heterocycles. The van der Waals surface area contributed by atoms with Crippen LogP contribution in [0, 0.1) is 0 Å². The lowest BCUT2D eigenvalue weighted by atomic mass is 9.79. The van der Waals surface area contributed by atoms with Crippen LogP contribution in [0.25, 0.3) is 16.9 Å². The Morgan fingerprint density at radius 3 is 2.09 bits per heavy atom. The summed E-state index contributed by atoms with van der Waals surface area (Å²) in [7, 11) is -2.52. The van der Waals surface area contributed by atoms with E-state index < -0.39 is 21.6 Å². The van der Waals surface area contributed by atoms with Crippen molar-refractivity contribution < 1.29 is 23.1 Å². The molecule has 242 valence electrons. The first-order valence-corrected chi connectivity index (χ1v) is 17.2. The van der Waals surface area contributed by atoms with Crippen LogP contribution in [0.2, 0.25) is 0 Å². The van der Waals surface area contributed by atoms with Crippen molar-refractivity contribution >= 4 is 27.2 Å². The number of aromatic nitrogens is 4. The monoisotopic (exact) mass is 651 g/mol. The number of aliphatic hydroxyl groups is 1. The first kappa shape index (κ1) is 32.1. The minimum atomic E-state index is -3.83. The smallest absolute Gasteiger partial charge is 0.338 e. The first-order chi connectivity index (χ1) is 22.7. The summed E-state index contributed by atoms with van der Waals surface area (Å²) in [5.74, 6) is -0.790. The fourth-order valence-electron chi connectivity index (χ4n) is 6.36. The molecule has 11 heteroatoms. The minimum absolute atomic E-state index is 0.0777. The second-order valence-corrected chi connectivity index (χ2v) is 13.6. The van der Waals surface area contributed by atoms with Crippen LogP contribution in [-0.2, 0) is 32.4 Å². The van der Waals surface area contributed by atoms with E-state index in [0.717, 1.165) is 29.5 Å². The molecule has 1 unspecified atom stereocenters. The van der Waals surface area contributed by atoms with Crippen LogP contribution in [0.15, 0.2) is 114 Å². The molecule has 47 heavy (non-hydrogen) atoms. The third-order valence-electron chi connectivity index (χ3n) is 8.91. The van der Waals surface area contributed by atoms with Crippen molar-refractivity contribution in [2.75, 3.05) is 7.05 Å². The van der Waals surface area contributed by atoms with Gasteiger partial charge in [0.1, 0.15) is 29.5 Å². The lowest BCUT2D eigenvalue weighted by Crippen LogP contribution is -2.42. The number of aliphatic hydroxyl groups excluding tert-OH is 1. The molecule has 0 spiro atoms. The zero-order valence-electron chi connectivity index (χ0n) is 26.3. The number of hydrogen-bond donors (Lipinski definition) is 2. The van der Waals surface area contributed by atoms with Crippen molar-refractivity contribution in [1.29, 1.82) is 0 Å². The van der Waals surface area contributed by atoms with Gasteiger partial charge < -0.3 is 9.84 Å². The van der Waals surface area contributed by atoms with E-state index in [-0.39, 0.29) is 34.2 Å². The molecule has 2 aromatic heterocycles. The Hall–Kier alpha value is -4.87. The Morgan fingerprint density at radius 1 is 0.915 bits per heavy atom. The minimum Gasteiger partial charge on any atom is -0.512 e. The fraction of sp³-hybridized carbons (Fsp3) is 0.278. The lowest BCUT2D eigenvalue weighted by molar-refractivity contribution is -0.161. The first-order valence-electron chi connectivity index (χ1n) is 15.7. The zero-order valence-corrected chi connectivity index (χ0v) is 27.2. The number of rotatable bonds is 12. The molecule has 0 bridgehead atoms. The maximum absolute atomic E-state index is 13.8. The average molecular weight is 652 g/mol. The summed E-state index contributed by atoms with van der Waals surface area (Å²) in [6, 6.07) is 27.7. The number of cyclic esters (lactones) is 1. The van der Waals surface area contributed by atoms with Crippen LogP contribution in [0.5, 0.6) is 0 Å². The molecule has 0 aliphatic carbocycles. The molecule has 10 nitrogen and oxygen atoms in total. The second-order valence-electron chi connectivity index (χ2n) is 11.8. The number of sulfonamides is 1. The van der Waals surface area contributed by atoms with E-state index >= 15 is 0 Å². The third-order valence-corrected chi connectivity index (χ3v) is 10.3. The molecule has 1 atom stereocenters. The number of hydrogen-bond acceptors (Lipinski definition) is 8. The third kappa shape index (κ3) is 6.68. The molecule has 0 saturated heterocycles. The van der Waals surface area contributed by atoms with Gasteiger partial charge in [0.15, 0.2) is 5.65 Å². The summed E-state index contributed by atoms with van der Waals surface area (Å²) in [6.07, 6.45) is 6.15. The van der Waals surface area contributed by atoms with Gasteiger partial charge in [-0.3, -0.25) is 4.57 Å². The summed E-state index contributed by atoms with van der Waals surface area (Å²) in [5, 5.41) is 11.4. The zero-order chi connectivity index (χ0) is 33.0. The van der Waals surface area contributed by atoms with Crippen molar-refractivity contribution in [2.24, 2.45) is 0 Å². The Bertz CT molecular complexity index is 1970. The molecular formula is C36H37N5O5S. The number of nitrogens with zero attached hydrogens (tertiary/aromatic N) is 4. The van der Waals surface area contributed by atoms with Crippen molar-refractivity contribution in [3.63, 3.8) is 0 Å². The van der Waals surface area contributed by atoms with Crippen LogP contribution in [0.1, 0.15) is 55.2 Å². The van der Waals surface area contributed by atoms with Gasteiger partial charge in [-0.05, 0) is 68.0 Å². The van der Waals surface area contributed by atoms with Gasteiger partial charge >= 0.3 is 5.97 Å². The molecule has 0 fully saturated rings. The van der Waals surface area contributed by atoms with Gasteiger partial charge in [0.25, 0.3) is 10.0 Å².